The summed E-state index contributed by atoms with van der Waals surface area (Å²) in [6.07, 6.45) is 2.85. The standard InChI is InChI=1S/C11H11Br2N3S/c1-2-4-14-10-8(13)6-15-11(16-10)9-7(12)3-5-17-9/h3,5-6H,2,4H2,1H3,(H,14,15,16). The fraction of sp³-hybridized carbons (Fsp3) is 0.273. The van der Waals surface area contributed by atoms with Gasteiger partial charge in [-0.2, -0.15) is 0 Å². The normalized spacial score (nSPS) is 10.5. The van der Waals surface area contributed by atoms with Crippen LogP contribution in [-0.2, 0) is 0 Å². The van der Waals surface area contributed by atoms with Crippen molar-refractivity contribution in [1.82, 2.24) is 9.97 Å². The minimum absolute atomic E-state index is 0.744. The molecule has 0 saturated carbocycles. The van der Waals surface area contributed by atoms with E-state index in [4.69, 9.17) is 0 Å². The summed E-state index contributed by atoms with van der Waals surface area (Å²) in [7, 11) is 0. The molecule has 90 valence electrons. The first-order valence-corrected chi connectivity index (χ1v) is 7.68. The molecular formula is C11H11Br2N3S. The molecular weight excluding hydrogens is 366 g/mol. The maximum absolute atomic E-state index is 4.52. The third-order valence-electron chi connectivity index (χ3n) is 2.11. The number of rotatable bonds is 4. The second-order valence-corrected chi connectivity index (χ2v) is 6.04. The lowest BCUT2D eigenvalue weighted by Crippen LogP contribution is -2.04. The minimum Gasteiger partial charge on any atom is -0.369 e. The van der Waals surface area contributed by atoms with Crippen LogP contribution in [0.15, 0.2) is 26.6 Å². The van der Waals surface area contributed by atoms with E-state index in [2.05, 4.69) is 54.1 Å². The van der Waals surface area contributed by atoms with Gasteiger partial charge in [0.25, 0.3) is 0 Å². The molecule has 0 unspecified atom stereocenters. The van der Waals surface area contributed by atoms with Crippen LogP contribution in [0.2, 0.25) is 0 Å². The zero-order chi connectivity index (χ0) is 12.3. The van der Waals surface area contributed by atoms with Gasteiger partial charge < -0.3 is 5.32 Å². The van der Waals surface area contributed by atoms with Crippen molar-refractivity contribution in [3.63, 3.8) is 0 Å². The molecule has 17 heavy (non-hydrogen) atoms. The average molecular weight is 377 g/mol. The van der Waals surface area contributed by atoms with Crippen molar-refractivity contribution in [3.8, 4) is 10.7 Å². The zero-order valence-corrected chi connectivity index (χ0v) is 13.2. The summed E-state index contributed by atoms with van der Waals surface area (Å²) < 4.78 is 1.92. The molecule has 3 nitrogen and oxygen atoms in total. The monoisotopic (exact) mass is 375 g/mol. The number of hydrogen-bond donors (Lipinski definition) is 1. The van der Waals surface area contributed by atoms with Crippen LogP contribution in [0.25, 0.3) is 10.7 Å². The van der Waals surface area contributed by atoms with E-state index in [0.717, 1.165) is 38.4 Å². The van der Waals surface area contributed by atoms with Crippen molar-refractivity contribution >= 4 is 49.0 Å². The molecule has 0 saturated heterocycles. The van der Waals surface area contributed by atoms with Gasteiger partial charge in [0.05, 0.1) is 9.35 Å². The fourth-order valence-electron chi connectivity index (χ4n) is 1.30. The van der Waals surface area contributed by atoms with Crippen molar-refractivity contribution in [2.24, 2.45) is 0 Å². The van der Waals surface area contributed by atoms with E-state index in [9.17, 15) is 0 Å². The summed E-state index contributed by atoms with van der Waals surface area (Å²) in [5.74, 6) is 1.59. The molecule has 2 aromatic heterocycles. The first-order chi connectivity index (χ1) is 8.22. The summed E-state index contributed by atoms with van der Waals surface area (Å²) in [5, 5.41) is 5.29. The van der Waals surface area contributed by atoms with Crippen molar-refractivity contribution in [2.45, 2.75) is 13.3 Å². The highest BCUT2D eigenvalue weighted by molar-refractivity contribution is 9.11. The molecule has 6 heteroatoms. The number of thiophene rings is 1. The van der Waals surface area contributed by atoms with Gasteiger partial charge in [-0.1, -0.05) is 6.92 Å². The first-order valence-electron chi connectivity index (χ1n) is 5.22. The summed E-state index contributed by atoms with van der Waals surface area (Å²) in [5.41, 5.74) is 0. The second-order valence-electron chi connectivity index (χ2n) is 3.41. The topological polar surface area (TPSA) is 37.8 Å². The van der Waals surface area contributed by atoms with Crippen LogP contribution >= 0.6 is 43.2 Å². The fourth-order valence-corrected chi connectivity index (χ4v) is 3.12. The smallest absolute Gasteiger partial charge is 0.172 e. The molecule has 0 aromatic carbocycles. The SMILES string of the molecule is CCCNc1nc(-c2sccc2Br)ncc1Br. The first kappa shape index (κ1) is 13.0. The van der Waals surface area contributed by atoms with Gasteiger partial charge in [0, 0.05) is 17.2 Å². The Kier molecular flexibility index (Phi) is 4.53. The number of hydrogen-bond acceptors (Lipinski definition) is 4. The molecule has 0 amide bonds. The van der Waals surface area contributed by atoms with Gasteiger partial charge in [0.2, 0.25) is 0 Å². The van der Waals surface area contributed by atoms with Crippen molar-refractivity contribution in [3.05, 3.63) is 26.6 Å². The predicted octanol–water partition coefficient (Wildman–Crippen LogP) is 4.55. The van der Waals surface area contributed by atoms with Gasteiger partial charge >= 0.3 is 0 Å². The Morgan fingerprint density at radius 2 is 2.18 bits per heavy atom. The Balaban J connectivity index is 2.34. The predicted molar refractivity (Wildman–Crippen MR) is 79.5 cm³/mol. The van der Waals surface area contributed by atoms with Gasteiger partial charge in [-0.05, 0) is 49.7 Å². The molecule has 2 aromatic rings. The summed E-state index contributed by atoms with van der Waals surface area (Å²) in [4.78, 5) is 9.91. The summed E-state index contributed by atoms with van der Waals surface area (Å²) >= 11 is 8.57. The quantitative estimate of drug-likeness (QED) is 0.850. The molecule has 0 radical (unpaired) electrons. The van der Waals surface area contributed by atoms with Crippen LogP contribution < -0.4 is 5.32 Å². The third kappa shape index (κ3) is 3.05. The van der Waals surface area contributed by atoms with Gasteiger partial charge in [0.1, 0.15) is 5.82 Å². The highest BCUT2D eigenvalue weighted by Crippen LogP contribution is 2.32. The van der Waals surface area contributed by atoms with E-state index in [-0.39, 0.29) is 0 Å². The second kappa shape index (κ2) is 5.93. The van der Waals surface area contributed by atoms with E-state index < -0.39 is 0 Å². The van der Waals surface area contributed by atoms with Crippen molar-refractivity contribution in [1.29, 1.82) is 0 Å². The summed E-state index contributed by atoms with van der Waals surface area (Å²) in [6.45, 7) is 3.03. The van der Waals surface area contributed by atoms with Gasteiger partial charge in [-0.25, -0.2) is 9.97 Å². The molecule has 0 aliphatic rings. The molecule has 1 N–H and O–H groups in total. The van der Waals surface area contributed by atoms with Crippen molar-refractivity contribution < 1.29 is 0 Å². The van der Waals surface area contributed by atoms with Crippen LogP contribution in [0, 0.1) is 0 Å². The molecule has 0 spiro atoms. The lowest BCUT2D eigenvalue weighted by Gasteiger charge is -2.07. The highest BCUT2D eigenvalue weighted by Gasteiger charge is 2.10. The van der Waals surface area contributed by atoms with E-state index in [1.807, 2.05) is 11.4 Å². The summed E-state index contributed by atoms with van der Waals surface area (Å²) in [6, 6.07) is 2.00. The van der Waals surface area contributed by atoms with E-state index >= 15 is 0 Å². The van der Waals surface area contributed by atoms with E-state index in [1.54, 1.807) is 17.5 Å². The number of nitrogens with one attached hydrogen (secondary N) is 1. The minimum atomic E-state index is 0.744. The average Bonchev–Trinajstić information content (AvgIpc) is 2.75. The Morgan fingerprint density at radius 1 is 1.35 bits per heavy atom. The number of nitrogens with zero attached hydrogens (tertiary/aromatic N) is 2. The lowest BCUT2D eigenvalue weighted by atomic mass is 10.4. The molecule has 2 heterocycles. The van der Waals surface area contributed by atoms with E-state index in [1.165, 1.54) is 0 Å². The van der Waals surface area contributed by atoms with Crippen LogP contribution in [0.3, 0.4) is 0 Å². The van der Waals surface area contributed by atoms with E-state index in [0.29, 0.717) is 0 Å². The Labute approximate surface area is 121 Å². The maximum atomic E-state index is 4.52. The molecule has 0 aliphatic heterocycles. The lowest BCUT2D eigenvalue weighted by molar-refractivity contribution is 0.963. The largest absolute Gasteiger partial charge is 0.369 e. The van der Waals surface area contributed by atoms with Crippen LogP contribution in [0.1, 0.15) is 13.3 Å². The molecule has 2 rings (SSSR count). The van der Waals surface area contributed by atoms with Crippen LogP contribution in [0.5, 0.6) is 0 Å². The third-order valence-corrected chi connectivity index (χ3v) is 4.52. The number of anilines is 1. The molecule has 0 fully saturated rings. The van der Waals surface area contributed by atoms with Gasteiger partial charge in [-0.15, -0.1) is 11.3 Å². The molecule has 0 aliphatic carbocycles. The van der Waals surface area contributed by atoms with Gasteiger partial charge in [-0.3, -0.25) is 0 Å². The Morgan fingerprint density at radius 3 is 2.82 bits per heavy atom. The maximum Gasteiger partial charge on any atom is 0.172 e. The highest BCUT2D eigenvalue weighted by atomic mass is 79.9. The Bertz CT molecular complexity index is 513. The number of halogens is 2. The molecule has 0 atom stereocenters. The van der Waals surface area contributed by atoms with Crippen LogP contribution in [0.4, 0.5) is 5.82 Å². The van der Waals surface area contributed by atoms with Crippen molar-refractivity contribution in [2.75, 3.05) is 11.9 Å². The van der Waals surface area contributed by atoms with Crippen LogP contribution in [-0.4, -0.2) is 16.5 Å². The van der Waals surface area contributed by atoms with Gasteiger partial charge in [0.15, 0.2) is 5.82 Å². The number of aromatic nitrogens is 2. The Hall–Kier alpha value is -0.460. The molecule has 0 bridgehead atoms. The zero-order valence-electron chi connectivity index (χ0n) is 9.20.